The lowest BCUT2D eigenvalue weighted by Gasteiger charge is -2.29. The first kappa shape index (κ1) is 15.5. The number of nitrogens with zero attached hydrogens (tertiary/aromatic N) is 2. The normalized spacial score (nSPS) is 10.8. The average Bonchev–Trinajstić information content (AvgIpc) is 2.33. The molecule has 0 saturated carbocycles. The van der Waals surface area contributed by atoms with Gasteiger partial charge in [-0.2, -0.15) is 0 Å². The maximum atomic E-state index is 11.4. The molecular formula is C15H24N2O2. The van der Waals surface area contributed by atoms with E-state index in [2.05, 4.69) is 30.7 Å². The number of aromatic nitrogens is 1. The van der Waals surface area contributed by atoms with E-state index in [1.165, 1.54) is 0 Å². The molecule has 0 amide bonds. The minimum atomic E-state index is -0.901. The number of aryl methyl sites for hydroxylation is 1. The molecular weight excluding hydrogens is 240 g/mol. The zero-order chi connectivity index (χ0) is 14.4. The first-order chi connectivity index (χ1) is 8.99. The lowest BCUT2D eigenvalue weighted by molar-refractivity contribution is 0.0696. The number of carbonyl (C=O) groups is 1. The van der Waals surface area contributed by atoms with Crippen molar-refractivity contribution in [3.63, 3.8) is 0 Å². The van der Waals surface area contributed by atoms with Crippen molar-refractivity contribution in [1.82, 2.24) is 4.98 Å². The summed E-state index contributed by atoms with van der Waals surface area (Å²) in [6, 6.07) is 1.99. The molecule has 0 radical (unpaired) electrons. The van der Waals surface area contributed by atoms with Crippen LogP contribution in [0.5, 0.6) is 0 Å². The third-order valence-electron chi connectivity index (χ3n) is 3.25. The van der Waals surface area contributed by atoms with Crippen molar-refractivity contribution in [2.24, 2.45) is 0 Å². The summed E-state index contributed by atoms with van der Waals surface area (Å²) in [6.45, 7) is 8.97. The summed E-state index contributed by atoms with van der Waals surface area (Å²) in [5.74, 6) is -0.305. The van der Waals surface area contributed by atoms with Crippen LogP contribution >= 0.6 is 0 Å². The monoisotopic (exact) mass is 264 g/mol. The molecule has 0 aliphatic heterocycles. The van der Waals surface area contributed by atoms with Gasteiger partial charge in [0.25, 0.3) is 0 Å². The third kappa shape index (κ3) is 3.94. The van der Waals surface area contributed by atoms with Gasteiger partial charge < -0.3 is 10.0 Å². The molecule has 0 fully saturated rings. The van der Waals surface area contributed by atoms with Crippen LogP contribution in [0.4, 0.5) is 5.82 Å². The molecule has 4 nitrogen and oxygen atoms in total. The van der Waals surface area contributed by atoms with Gasteiger partial charge in [0.05, 0.1) is 0 Å². The highest BCUT2D eigenvalue weighted by Crippen LogP contribution is 2.23. The van der Waals surface area contributed by atoms with Gasteiger partial charge in [-0.25, -0.2) is 9.78 Å². The molecule has 4 heteroatoms. The Morgan fingerprint density at radius 2 is 2.11 bits per heavy atom. The Morgan fingerprint density at radius 1 is 1.42 bits per heavy atom. The molecule has 1 aromatic heterocycles. The van der Waals surface area contributed by atoms with Crippen molar-refractivity contribution in [2.75, 3.05) is 11.4 Å². The predicted molar refractivity (Wildman–Crippen MR) is 77.9 cm³/mol. The highest BCUT2D eigenvalue weighted by Gasteiger charge is 2.21. The topological polar surface area (TPSA) is 53.4 Å². The first-order valence-corrected chi connectivity index (χ1v) is 6.94. The SMILES string of the molecule is CCCCCN(c1nccc(C)c1C(=O)O)C(C)C. The van der Waals surface area contributed by atoms with Crippen molar-refractivity contribution in [3.05, 3.63) is 23.4 Å². The smallest absolute Gasteiger partial charge is 0.339 e. The Kier molecular flexibility index (Phi) is 5.80. The summed E-state index contributed by atoms with van der Waals surface area (Å²) in [5, 5.41) is 9.38. The lowest BCUT2D eigenvalue weighted by atomic mass is 10.1. The summed E-state index contributed by atoms with van der Waals surface area (Å²) in [5.41, 5.74) is 1.09. The van der Waals surface area contributed by atoms with E-state index in [1.54, 1.807) is 12.3 Å². The fourth-order valence-electron chi connectivity index (χ4n) is 2.17. The highest BCUT2D eigenvalue weighted by atomic mass is 16.4. The quantitative estimate of drug-likeness (QED) is 0.766. The molecule has 1 heterocycles. The van der Waals surface area contributed by atoms with Gasteiger partial charge in [-0.1, -0.05) is 19.8 Å². The maximum absolute atomic E-state index is 11.4. The van der Waals surface area contributed by atoms with Gasteiger partial charge in [0.15, 0.2) is 0 Å². The zero-order valence-electron chi connectivity index (χ0n) is 12.3. The van der Waals surface area contributed by atoms with E-state index >= 15 is 0 Å². The average molecular weight is 264 g/mol. The molecule has 106 valence electrons. The molecule has 0 aliphatic rings. The number of carboxylic acid groups (broad SMARTS) is 1. The fraction of sp³-hybridized carbons (Fsp3) is 0.600. The fourth-order valence-corrected chi connectivity index (χ4v) is 2.17. The van der Waals surface area contributed by atoms with Crippen LogP contribution < -0.4 is 4.90 Å². The number of anilines is 1. The zero-order valence-corrected chi connectivity index (χ0v) is 12.3. The van der Waals surface area contributed by atoms with Crippen LogP contribution in [0.1, 0.15) is 56.0 Å². The van der Waals surface area contributed by atoms with Gasteiger partial charge in [-0.15, -0.1) is 0 Å². The van der Waals surface area contributed by atoms with E-state index in [0.29, 0.717) is 11.4 Å². The molecule has 1 aromatic rings. The van der Waals surface area contributed by atoms with Crippen LogP contribution in [-0.2, 0) is 0 Å². The van der Waals surface area contributed by atoms with E-state index in [4.69, 9.17) is 0 Å². The summed E-state index contributed by atoms with van der Waals surface area (Å²) >= 11 is 0. The first-order valence-electron chi connectivity index (χ1n) is 6.94. The van der Waals surface area contributed by atoms with Gasteiger partial charge in [0, 0.05) is 18.8 Å². The molecule has 1 N–H and O–H groups in total. The second kappa shape index (κ2) is 7.12. The number of pyridine rings is 1. The van der Waals surface area contributed by atoms with Gasteiger partial charge in [0.1, 0.15) is 11.4 Å². The van der Waals surface area contributed by atoms with Gasteiger partial charge >= 0.3 is 5.97 Å². The maximum Gasteiger partial charge on any atom is 0.339 e. The highest BCUT2D eigenvalue weighted by molar-refractivity contribution is 5.95. The van der Waals surface area contributed by atoms with Gasteiger partial charge in [-0.3, -0.25) is 0 Å². The van der Waals surface area contributed by atoms with E-state index < -0.39 is 5.97 Å². The van der Waals surface area contributed by atoms with Gasteiger partial charge in [-0.05, 0) is 38.8 Å². The molecule has 19 heavy (non-hydrogen) atoms. The summed E-state index contributed by atoms with van der Waals surface area (Å²) in [4.78, 5) is 17.8. The summed E-state index contributed by atoms with van der Waals surface area (Å²) in [7, 11) is 0. The standard InChI is InChI=1S/C15H24N2O2/c1-5-6-7-10-17(11(2)3)14-13(15(18)19)12(4)8-9-16-14/h8-9,11H,5-7,10H2,1-4H3,(H,18,19). The van der Waals surface area contributed by atoms with Crippen molar-refractivity contribution < 1.29 is 9.90 Å². The van der Waals surface area contributed by atoms with Crippen molar-refractivity contribution in [3.8, 4) is 0 Å². The molecule has 0 bridgehead atoms. The summed E-state index contributed by atoms with van der Waals surface area (Å²) < 4.78 is 0. The Bertz CT molecular complexity index is 430. The van der Waals surface area contributed by atoms with Crippen molar-refractivity contribution in [1.29, 1.82) is 0 Å². The number of hydrogen-bond donors (Lipinski definition) is 1. The predicted octanol–water partition coefficient (Wildman–Crippen LogP) is 3.49. The Balaban J connectivity index is 3.08. The molecule has 0 unspecified atom stereocenters. The Labute approximate surface area is 115 Å². The van der Waals surface area contributed by atoms with E-state index in [9.17, 15) is 9.90 Å². The molecule has 0 aromatic carbocycles. The summed E-state index contributed by atoms with van der Waals surface area (Å²) in [6.07, 6.45) is 5.05. The minimum absolute atomic E-state index is 0.240. The third-order valence-corrected chi connectivity index (χ3v) is 3.25. The van der Waals surface area contributed by atoms with Gasteiger partial charge in [0.2, 0.25) is 0 Å². The Hall–Kier alpha value is -1.58. The van der Waals surface area contributed by atoms with Crippen LogP contribution in [0.25, 0.3) is 0 Å². The van der Waals surface area contributed by atoms with Crippen molar-refractivity contribution >= 4 is 11.8 Å². The van der Waals surface area contributed by atoms with E-state index in [1.807, 2.05) is 6.92 Å². The largest absolute Gasteiger partial charge is 0.478 e. The molecule has 1 rings (SSSR count). The Morgan fingerprint density at radius 3 is 2.63 bits per heavy atom. The molecule has 0 saturated heterocycles. The number of carboxylic acids is 1. The number of unbranched alkanes of at least 4 members (excludes halogenated alkanes) is 2. The van der Waals surface area contributed by atoms with Crippen LogP contribution in [-0.4, -0.2) is 28.6 Å². The number of aromatic carboxylic acids is 1. The molecule has 0 atom stereocenters. The minimum Gasteiger partial charge on any atom is -0.478 e. The number of rotatable bonds is 7. The van der Waals surface area contributed by atoms with Crippen molar-refractivity contribution in [2.45, 2.75) is 53.0 Å². The van der Waals surface area contributed by atoms with Crippen LogP contribution in [0.3, 0.4) is 0 Å². The molecule has 0 aliphatic carbocycles. The second-order valence-electron chi connectivity index (χ2n) is 5.13. The number of hydrogen-bond acceptors (Lipinski definition) is 3. The van der Waals surface area contributed by atoms with E-state index in [0.717, 1.165) is 31.4 Å². The lowest BCUT2D eigenvalue weighted by Crippen LogP contribution is -2.34. The van der Waals surface area contributed by atoms with Crippen LogP contribution in [0.2, 0.25) is 0 Å². The van der Waals surface area contributed by atoms with E-state index in [-0.39, 0.29) is 6.04 Å². The second-order valence-corrected chi connectivity index (χ2v) is 5.13. The van der Waals surface area contributed by atoms with Crippen LogP contribution in [0, 0.1) is 6.92 Å². The molecule has 0 spiro atoms. The van der Waals surface area contributed by atoms with Crippen LogP contribution in [0.15, 0.2) is 12.3 Å².